The first-order valence-corrected chi connectivity index (χ1v) is 10.4. The number of hydrogen-bond donors (Lipinski definition) is 2. The topological polar surface area (TPSA) is 74.0 Å². The van der Waals surface area contributed by atoms with Crippen LogP contribution in [0.4, 0.5) is 0 Å². The highest BCUT2D eigenvalue weighted by molar-refractivity contribution is 14.0. The monoisotopic (exact) mass is 493 g/mol. The minimum atomic E-state index is -0.195. The molecule has 2 saturated heterocycles. The third-order valence-electron chi connectivity index (χ3n) is 6.05. The average molecular weight is 493 g/mol. The van der Waals surface area contributed by atoms with Crippen LogP contribution in [0.1, 0.15) is 52.9 Å². The average Bonchev–Trinajstić information content (AvgIpc) is 2.59. The number of rotatable bonds is 6. The van der Waals surface area contributed by atoms with Crippen LogP contribution in [0.3, 0.4) is 0 Å². The molecule has 7 heteroatoms. The maximum absolute atomic E-state index is 11.3. The Bertz CT molecular complexity index is 477. The van der Waals surface area contributed by atoms with E-state index in [1.165, 1.54) is 25.9 Å². The lowest BCUT2D eigenvalue weighted by Crippen LogP contribution is -2.53. The fourth-order valence-corrected chi connectivity index (χ4v) is 4.38. The van der Waals surface area contributed by atoms with Gasteiger partial charge in [-0.05, 0) is 56.5 Å². The molecule has 0 radical (unpaired) electrons. The Morgan fingerprint density at radius 2 is 1.89 bits per heavy atom. The second-order valence-corrected chi connectivity index (χ2v) is 8.58. The number of hydrogen-bond acceptors (Lipinski definition) is 3. The molecule has 0 spiro atoms. The van der Waals surface area contributed by atoms with Crippen molar-refractivity contribution in [3.8, 4) is 0 Å². The second-order valence-electron chi connectivity index (χ2n) is 8.58. The predicted octanol–water partition coefficient (Wildman–Crippen LogP) is 2.52. The predicted molar refractivity (Wildman–Crippen MR) is 123 cm³/mol. The zero-order chi connectivity index (χ0) is 19.1. The van der Waals surface area contributed by atoms with Crippen LogP contribution in [-0.4, -0.2) is 67.5 Å². The lowest BCUT2D eigenvalue weighted by atomic mass is 9.94. The van der Waals surface area contributed by atoms with Crippen LogP contribution in [0, 0.1) is 17.8 Å². The van der Waals surface area contributed by atoms with Crippen molar-refractivity contribution in [2.45, 2.75) is 58.9 Å². The van der Waals surface area contributed by atoms with Crippen LogP contribution < -0.4 is 11.1 Å². The summed E-state index contributed by atoms with van der Waals surface area (Å²) in [6, 6.07) is 0.533. The number of aliphatic imine (C=N–C) groups is 1. The molecule has 2 fully saturated rings. The highest BCUT2D eigenvalue weighted by Gasteiger charge is 2.27. The van der Waals surface area contributed by atoms with E-state index in [9.17, 15) is 4.79 Å². The third kappa shape index (κ3) is 7.75. The van der Waals surface area contributed by atoms with E-state index in [0.29, 0.717) is 24.3 Å². The van der Waals surface area contributed by atoms with Crippen molar-refractivity contribution in [2.24, 2.45) is 28.5 Å². The summed E-state index contributed by atoms with van der Waals surface area (Å²) in [5.41, 5.74) is 5.39. The number of nitrogens with two attached hydrogens (primary N) is 1. The molecule has 2 atom stereocenters. The summed E-state index contributed by atoms with van der Waals surface area (Å²) in [4.78, 5) is 20.7. The van der Waals surface area contributed by atoms with E-state index in [1.807, 2.05) is 7.05 Å². The van der Waals surface area contributed by atoms with Gasteiger partial charge in [0.05, 0.1) is 0 Å². The summed E-state index contributed by atoms with van der Waals surface area (Å²) in [6.45, 7) is 12.2. The van der Waals surface area contributed by atoms with Crippen molar-refractivity contribution in [2.75, 3.05) is 39.8 Å². The van der Waals surface area contributed by atoms with Crippen LogP contribution in [0.15, 0.2) is 4.99 Å². The molecule has 2 aliphatic heterocycles. The number of amides is 1. The first-order valence-electron chi connectivity index (χ1n) is 10.4. The molecule has 3 N–H and O–H groups in total. The largest absolute Gasteiger partial charge is 0.370 e. The summed E-state index contributed by atoms with van der Waals surface area (Å²) in [5, 5.41) is 3.62. The fraction of sp³-hybridized carbons (Fsp3) is 0.900. The van der Waals surface area contributed by atoms with Gasteiger partial charge in [0.1, 0.15) is 0 Å². The third-order valence-corrected chi connectivity index (χ3v) is 6.05. The lowest BCUT2D eigenvalue weighted by molar-refractivity contribution is -0.119. The number of nitrogens with one attached hydrogen (secondary N) is 1. The van der Waals surface area contributed by atoms with Crippen molar-refractivity contribution in [3.63, 3.8) is 0 Å². The second kappa shape index (κ2) is 12.1. The smallest absolute Gasteiger partial charge is 0.217 e. The number of halogens is 1. The molecule has 2 heterocycles. The molecule has 0 aromatic heterocycles. The van der Waals surface area contributed by atoms with Gasteiger partial charge in [0.25, 0.3) is 0 Å². The quantitative estimate of drug-likeness (QED) is 0.339. The number of primary amides is 1. The van der Waals surface area contributed by atoms with Crippen LogP contribution in [0.5, 0.6) is 0 Å². The normalized spacial score (nSPS) is 23.8. The molecule has 0 aromatic rings. The van der Waals surface area contributed by atoms with Gasteiger partial charge < -0.3 is 16.0 Å². The Morgan fingerprint density at radius 3 is 2.44 bits per heavy atom. The van der Waals surface area contributed by atoms with Crippen LogP contribution in [-0.2, 0) is 4.79 Å². The Labute approximate surface area is 182 Å². The highest BCUT2D eigenvalue weighted by atomic mass is 127. The van der Waals surface area contributed by atoms with Crippen molar-refractivity contribution in [3.05, 3.63) is 0 Å². The van der Waals surface area contributed by atoms with Crippen molar-refractivity contribution >= 4 is 35.8 Å². The molecule has 2 unspecified atom stereocenters. The molecule has 2 aliphatic rings. The molecule has 0 aliphatic carbocycles. The minimum absolute atomic E-state index is 0. The van der Waals surface area contributed by atoms with Gasteiger partial charge in [0.15, 0.2) is 5.96 Å². The zero-order valence-electron chi connectivity index (χ0n) is 17.6. The van der Waals surface area contributed by atoms with E-state index in [4.69, 9.17) is 5.73 Å². The number of carbonyl (C=O) groups is 1. The number of guanidine groups is 1. The van der Waals surface area contributed by atoms with E-state index >= 15 is 0 Å². The zero-order valence-corrected chi connectivity index (χ0v) is 19.9. The summed E-state index contributed by atoms with van der Waals surface area (Å²) in [6.07, 6.45) is 5.26. The van der Waals surface area contributed by atoms with Crippen LogP contribution >= 0.6 is 24.0 Å². The molecule has 158 valence electrons. The molecular formula is C20H40IN5O. The Hall–Kier alpha value is -0.570. The summed E-state index contributed by atoms with van der Waals surface area (Å²) in [5.74, 6) is 2.59. The van der Waals surface area contributed by atoms with Gasteiger partial charge in [0, 0.05) is 39.1 Å². The molecule has 2 rings (SSSR count). The molecule has 0 aromatic carbocycles. The Balaban J connectivity index is 0.00000364. The lowest BCUT2D eigenvalue weighted by Gasteiger charge is -2.40. The maximum atomic E-state index is 11.3. The molecular weight excluding hydrogens is 453 g/mol. The molecule has 1 amide bonds. The molecule has 0 saturated carbocycles. The van der Waals surface area contributed by atoms with Gasteiger partial charge in [-0.3, -0.25) is 14.7 Å². The van der Waals surface area contributed by atoms with E-state index < -0.39 is 0 Å². The Morgan fingerprint density at radius 1 is 1.22 bits per heavy atom. The number of likely N-dealkylation sites (tertiary alicyclic amines) is 2. The first-order chi connectivity index (χ1) is 12.4. The van der Waals surface area contributed by atoms with E-state index in [2.05, 4.69) is 40.9 Å². The van der Waals surface area contributed by atoms with Gasteiger partial charge in [-0.25, -0.2) is 0 Å². The van der Waals surface area contributed by atoms with Gasteiger partial charge in [-0.2, -0.15) is 0 Å². The summed E-state index contributed by atoms with van der Waals surface area (Å²) < 4.78 is 0. The minimum Gasteiger partial charge on any atom is -0.370 e. The Kier molecular flexibility index (Phi) is 11.0. The standard InChI is InChI=1S/C20H39N5O.HI/c1-15(2)18(24-10-7-16(3)8-11-24)13-23-20(22-4)25-9-5-6-17(14-25)12-19(21)26;/h15-18H,5-14H2,1-4H3,(H2,21,26)(H,22,23);1H. The van der Waals surface area contributed by atoms with Crippen molar-refractivity contribution < 1.29 is 4.79 Å². The summed E-state index contributed by atoms with van der Waals surface area (Å²) in [7, 11) is 1.85. The van der Waals surface area contributed by atoms with E-state index in [1.54, 1.807) is 0 Å². The maximum Gasteiger partial charge on any atom is 0.217 e. The first kappa shape index (κ1) is 24.5. The fourth-order valence-electron chi connectivity index (χ4n) is 4.38. The highest BCUT2D eigenvalue weighted by Crippen LogP contribution is 2.22. The van der Waals surface area contributed by atoms with Crippen molar-refractivity contribution in [1.82, 2.24) is 15.1 Å². The SMILES string of the molecule is CN=C(NCC(C(C)C)N1CCC(C)CC1)N1CCCC(CC(N)=O)C1.I. The van der Waals surface area contributed by atoms with Gasteiger partial charge in [-0.1, -0.05) is 20.8 Å². The van der Waals surface area contributed by atoms with E-state index in [0.717, 1.165) is 44.4 Å². The molecule has 0 bridgehead atoms. The van der Waals surface area contributed by atoms with Crippen LogP contribution in [0.25, 0.3) is 0 Å². The number of carbonyl (C=O) groups excluding carboxylic acids is 1. The van der Waals surface area contributed by atoms with E-state index in [-0.39, 0.29) is 29.9 Å². The van der Waals surface area contributed by atoms with Crippen LogP contribution in [0.2, 0.25) is 0 Å². The number of piperidine rings is 2. The summed E-state index contributed by atoms with van der Waals surface area (Å²) >= 11 is 0. The molecule has 6 nitrogen and oxygen atoms in total. The van der Waals surface area contributed by atoms with Crippen molar-refractivity contribution in [1.29, 1.82) is 0 Å². The molecule has 27 heavy (non-hydrogen) atoms. The van der Waals surface area contributed by atoms with Gasteiger partial charge in [0.2, 0.25) is 5.91 Å². The van der Waals surface area contributed by atoms with Gasteiger partial charge in [-0.15, -0.1) is 24.0 Å². The number of nitrogens with zero attached hydrogens (tertiary/aromatic N) is 3. The van der Waals surface area contributed by atoms with Gasteiger partial charge >= 0.3 is 0 Å².